The average Bonchev–Trinajstić information content (AvgIpc) is 3.11. The Morgan fingerprint density at radius 1 is 1.23 bits per heavy atom. The largest absolute Gasteiger partial charge is 0.365 e. The standard InChI is InChI=1S/C20H24ClN3O2/c21-16-8-6-15(7-9-16)19-12-24-17(13-26-19)10-18(23-24)20(25)22-11-14-4-2-1-3-5-14/h6-10,14,19H,1-5,11-13H2,(H,22,25). The molecule has 4 rings (SSSR count). The van der Waals surface area contributed by atoms with E-state index in [1.165, 1.54) is 32.1 Å². The summed E-state index contributed by atoms with van der Waals surface area (Å²) in [5, 5.41) is 8.27. The highest BCUT2D eigenvalue weighted by Gasteiger charge is 2.24. The van der Waals surface area contributed by atoms with E-state index in [9.17, 15) is 4.79 Å². The van der Waals surface area contributed by atoms with E-state index in [2.05, 4.69) is 10.4 Å². The fourth-order valence-corrected chi connectivity index (χ4v) is 3.96. The molecule has 1 amide bonds. The molecule has 0 saturated heterocycles. The van der Waals surface area contributed by atoms with Crippen molar-refractivity contribution in [2.24, 2.45) is 5.92 Å². The van der Waals surface area contributed by atoms with Gasteiger partial charge < -0.3 is 10.1 Å². The Bertz CT molecular complexity index is 766. The number of benzene rings is 1. The Balaban J connectivity index is 1.38. The monoisotopic (exact) mass is 373 g/mol. The van der Waals surface area contributed by atoms with Crippen LogP contribution >= 0.6 is 11.6 Å². The van der Waals surface area contributed by atoms with Crippen LogP contribution in [0.2, 0.25) is 5.02 Å². The van der Waals surface area contributed by atoms with Gasteiger partial charge in [0.05, 0.1) is 18.8 Å². The summed E-state index contributed by atoms with van der Waals surface area (Å²) in [4.78, 5) is 12.5. The van der Waals surface area contributed by atoms with Crippen molar-refractivity contribution in [2.75, 3.05) is 6.54 Å². The van der Waals surface area contributed by atoms with Crippen LogP contribution in [0.3, 0.4) is 0 Å². The highest BCUT2D eigenvalue weighted by Crippen LogP contribution is 2.27. The average molecular weight is 374 g/mol. The third kappa shape index (κ3) is 3.94. The molecule has 1 aromatic heterocycles. The second-order valence-electron chi connectivity index (χ2n) is 7.27. The topological polar surface area (TPSA) is 56.2 Å². The number of fused-ring (bicyclic) bond motifs is 1. The van der Waals surface area contributed by atoms with Gasteiger partial charge in [0, 0.05) is 11.6 Å². The highest BCUT2D eigenvalue weighted by molar-refractivity contribution is 6.30. The number of nitrogens with one attached hydrogen (secondary N) is 1. The number of amides is 1. The number of hydrogen-bond acceptors (Lipinski definition) is 3. The van der Waals surface area contributed by atoms with Crippen LogP contribution in [0.5, 0.6) is 0 Å². The lowest BCUT2D eigenvalue weighted by molar-refractivity contribution is -0.00119. The van der Waals surface area contributed by atoms with Crippen LogP contribution in [0, 0.1) is 5.92 Å². The van der Waals surface area contributed by atoms with Gasteiger partial charge >= 0.3 is 0 Å². The van der Waals surface area contributed by atoms with Gasteiger partial charge in [-0.1, -0.05) is 43.0 Å². The molecule has 1 aliphatic carbocycles. The van der Waals surface area contributed by atoms with Crippen molar-refractivity contribution in [3.8, 4) is 0 Å². The molecule has 0 radical (unpaired) electrons. The number of rotatable bonds is 4. The van der Waals surface area contributed by atoms with Crippen molar-refractivity contribution in [2.45, 2.75) is 51.4 Å². The van der Waals surface area contributed by atoms with Gasteiger partial charge in [-0.05, 0) is 42.5 Å². The first kappa shape index (κ1) is 17.6. The number of hydrogen-bond donors (Lipinski definition) is 1. The zero-order valence-electron chi connectivity index (χ0n) is 14.8. The minimum absolute atomic E-state index is 0.0715. The number of carbonyl (C=O) groups is 1. The zero-order valence-corrected chi connectivity index (χ0v) is 15.5. The maximum atomic E-state index is 12.5. The summed E-state index contributed by atoms with van der Waals surface area (Å²) < 4.78 is 7.83. The third-order valence-corrected chi connectivity index (χ3v) is 5.64. The van der Waals surface area contributed by atoms with Crippen LogP contribution in [0.15, 0.2) is 30.3 Å². The molecule has 2 aromatic rings. The van der Waals surface area contributed by atoms with Gasteiger partial charge in [0.15, 0.2) is 5.69 Å². The van der Waals surface area contributed by atoms with Crippen molar-refractivity contribution in [1.29, 1.82) is 0 Å². The second kappa shape index (κ2) is 7.80. The summed E-state index contributed by atoms with van der Waals surface area (Å²) in [5.41, 5.74) is 2.49. The second-order valence-corrected chi connectivity index (χ2v) is 7.70. The molecular formula is C20H24ClN3O2. The van der Waals surface area contributed by atoms with Crippen LogP contribution < -0.4 is 5.32 Å². The molecule has 1 atom stereocenters. The first-order chi connectivity index (χ1) is 12.7. The predicted molar refractivity (Wildman–Crippen MR) is 100 cm³/mol. The number of carbonyl (C=O) groups excluding carboxylic acids is 1. The predicted octanol–water partition coefficient (Wildman–Crippen LogP) is 4.12. The number of ether oxygens (including phenoxy) is 1. The van der Waals surface area contributed by atoms with Crippen LogP contribution in [-0.2, 0) is 17.9 Å². The lowest BCUT2D eigenvalue weighted by Crippen LogP contribution is -2.30. The SMILES string of the molecule is O=C(NCC1CCCCC1)c1cc2n(n1)CC(c1ccc(Cl)cc1)OC2. The van der Waals surface area contributed by atoms with Crippen molar-refractivity contribution < 1.29 is 9.53 Å². The summed E-state index contributed by atoms with van der Waals surface area (Å²) >= 11 is 5.95. The molecule has 6 heteroatoms. The van der Waals surface area contributed by atoms with E-state index in [-0.39, 0.29) is 12.0 Å². The van der Waals surface area contributed by atoms with Gasteiger partial charge in [-0.2, -0.15) is 5.10 Å². The lowest BCUT2D eigenvalue weighted by Gasteiger charge is -2.24. The summed E-state index contributed by atoms with van der Waals surface area (Å²) in [7, 11) is 0. The van der Waals surface area contributed by atoms with E-state index >= 15 is 0 Å². The summed E-state index contributed by atoms with van der Waals surface area (Å²) in [6.45, 7) is 1.81. The van der Waals surface area contributed by atoms with Gasteiger partial charge in [-0.25, -0.2) is 0 Å². The zero-order chi connectivity index (χ0) is 17.9. The molecule has 1 saturated carbocycles. The molecule has 2 aliphatic rings. The molecule has 2 heterocycles. The Kier molecular flexibility index (Phi) is 5.27. The minimum atomic E-state index is -0.0829. The van der Waals surface area contributed by atoms with E-state index in [0.717, 1.165) is 17.8 Å². The van der Waals surface area contributed by atoms with Crippen molar-refractivity contribution in [3.05, 3.63) is 52.3 Å². The molecular weight excluding hydrogens is 350 g/mol. The quantitative estimate of drug-likeness (QED) is 0.877. The maximum absolute atomic E-state index is 12.5. The molecule has 1 unspecified atom stereocenters. The molecule has 1 fully saturated rings. The third-order valence-electron chi connectivity index (χ3n) is 5.38. The Hall–Kier alpha value is -1.85. The van der Waals surface area contributed by atoms with E-state index in [1.807, 2.05) is 35.0 Å². The van der Waals surface area contributed by atoms with Gasteiger partial charge in [-0.3, -0.25) is 9.48 Å². The Morgan fingerprint density at radius 3 is 2.77 bits per heavy atom. The summed E-state index contributed by atoms with van der Waals surface area (Å²) in [6.07, 6.45) is 6.25. The summed E-state index contributed by atoms with van der Waals surface area (Å²) in [6, 6.07) is 9.51. The maximum Gasteiger partial charge on any atom is 0.271 e. The van der Waals surface area contributed by atoms with E-state index < -0.39 is 0 Å². The number of nitrogens with zero attached hydrogens (tertiary/aromatic N) is 2. The Labute approximate surface area is 158 Å². The number of halogens is 1. The van der Waals surface area contributed by atoms with E-state index in [1.54, 1.807) is 0 Å². The first-order valence-corrected chi connectivity index (χ1v) is 9.79. The van der Waals surface area contributed by atoms with Gasteiger partial charge in [-0.15, -0.1) is 0 Å². The van der Waals surface area contributed by atoms with Gasteiger partial charge in [0.25, 0.3) is 5.91 Å². The smallest absolute Gasteiger partial charge is 0.271 e. The lowest BCUT2D eigenvalue weighted by atomic mass is 9.89. The van der Waals surface area contributed by atoms with Gasteiger partial charge in [0.2, 0.25) is 0 Å². The first-order valence-electron chi connectivity index (χ1n) is 9.41. The van der Waals surface area contributed by atoms with Crippen molar-refractivity contribution in [3.63, 3.8) is 0 Å². The molecule has 0 spiro atoms. The normalized spacial score (nSPS) is 20.6. The van der Waals surface area contributed by atoms with Crippen LogP contribution in [0.4, 0.5) is 0 Å². The van der Waals surface area contributed by atoms with Crippen molar-refractivity contribution >= 4 is 17.5 Å². The number of aromatic nitrogens is 2. The molecule has 138 valence electrons. The molecule has 0 bridgehead atoms. The highest BCUT2D eigenvalue weighted by atomic mass is 35.5. The Morgan fingerprint density at radius 2 is 2.00 bits per heavy atom. The van der Waals surface area contributed by atoms with Gasteiger partial charge in [0.1, 0.15) is 6.10 Å². The van der Waals surface area contributed by atoms with Crippen LogP contribution in [0.1, 0.15) is 60.0 Å². The molecule has 1 N–H and O–H groups in total. The van der Waals surface area contributed by atoms with E-state index in [4.69, 9.17) is 16.3 Å². The fourth-order valence-electron chi connectivity index (χ4n) is 3.83. The van der Waals surface area contributed by atoms with E-state index in [0.29, 0.717) is 29.8 Å². The minimum Gasteiger partial charge on any atom is -0.365 e. The molecule has 26 heavy (non-hydrogen) atoms. The van der Waals surface area contributed by atoms with Crippen molar-refractivity contribution in [1.82, 2.24) is 15.1 Å². The van der Waals surface area contributed by atoms with Crippen LogP contribution in [0.25, 0.3) is 0 Å². The molecule has 5 nitrogen and oxygen atoms in total. The molecule has 1 aliphatic heterocycles. The summed E-state index contributed by atoms with van der Waals surface area (Å²) in [5.74, 6) is 0.531. The van der Waals surface area contributed by atoms with Crippen LogP contribution in [-0.4, -0.2) is 22.2 Å². The fraction of sp³-hybridized carbons (Fsp3) is 0.500. The molecule has 1 aromatic carbocycles.